The molecule has 2 saturated heterocycles. The Labute approximate surface area is 197 Å². The molecule has 3 N–H and O–H groups in total. The van der Waals surface area contributed by atoms with Crippen LogP contribution >= 0.6 is 0 Å². The Bertz CT molecular complexity index is 742. The number of likely N-dealkylation sites (tertiary alicyclic amines) is 1. The second-order valence-corrected chi connectivity index (χ2v) is 9.58. The molecule has 2 heterocycles. The van der Waals surface area contributed by atoms with Crippen LogP contribution in [-0.2, 0) is 6.54 Å². The van der Waals surface area contributed by atoms with E-state index in [1.807, 2.05) is 12.1 Å². The largest absolute Gasteiger partial charge is 0.395 e. The highest BCUT2D eigenvalue weighted by molar-refractivity contribution is 5.62. The molecule has 0 spiro atoms. The van der Waals surface area contributed by atoms with Gasteiger partial charge in [-0.3, -0.25) is 19.9 Å². The van der Waals surface area contributed by atoms with Crippen LogP contribution in [0, 0.1) is 10.1 Å². The summed E-state index contributed by atoms with van der Waals surface area (Å²) in [7, 11) is 2.12. The molecule has 0 aromatic heterocycles. The number of piperazine rings is 1. The fourth-order valence-corrected chi connectivity index (χ4v) is 4.82. The first-order valence-corrected chi connectivity index (χ1v) is 12.4. The van der Waals surface area contributed by atoms with Crippen molar-refractivity contribution >= 4 is 11.4 Å². The summed E-state index contributed by atoms with van der Waals surface area (Å²) in [5, 5.41) is 34.1. The summed E-state index contributed by atoms with van der Waals surface area (Å²) < 4.78 is 0. The summed E-state index contributed by atoms with van der Waals surface area (Å²) in [6.45, 7) is 7.42. The number of benzene rings is 1. The van der Waals surface area contributed by atoms with Crippen molar-refractivity contribution in [3.05, 3.63) is 33.9 Å². The molecule has 2 atom stereocenters. The van der Waals surface area contributed by atoms with Gasteiger partial charge in [0.25, 0.3) is 5.69 Å². The number of nitro benzene ring substituents is 1. The maximum absolute atomic E-state index is 11.6. The Balaban J connectivity index is 1.36. The van der Waals surface area contributed by atoms with E-state index < -0.39 is 0 Å². The highest BCUT2D eigenvalue weighted by atomic mass is 16.6. The van der Waals surface area contributed by atoms with E-state index in [4.69, 9.17) is 0 Å². The molecule has 3 rings (SSSR count). The topological polar surface area (TPSA) is 105 Å². The number of likely N-dealkylation sites (N-methyl/N-ethyl adjacent to an activating group) is 1. The van der Waals surface area contributed by atoms with Crippen LogP contribution in [0.1, 0.15) is 44.1 Å². The molecule has 1 aromatic carbocycles. The van der Waals surface area contributed by atoms with Gasteiger partial charge in [-0.2, -0.15) is 0 Å². The minimum atomic E-state index is -0.289. The lowest BCUT2D eigenvalue weighted by Gasteiger charge is -2.36. The van der Waals surface area contributed by atoms with E-state index in [1.165, 1.54) is 0 Å². The summed E-state index contributed by atoms with van der Waals surface area (Å²) in [5.74, 6) is 0. The van der Waals surface area contributed by atoms with Crippen molar-refractivity contribution in [2.24, 2.45) is 0 Å². The van der Waals surface area contributed by atoms with E-state index in [0.717, 1.165) is 83.5 Å². The van der Waals surface area contributed by atoms with Gasteiger partial charge in [0.2, 0.25) is 0 Å². The average molecular weight is 464 g/mol. The molecule has 0 bridgehead atoms. The van der Waals surface area contributed by atoms with Crippen LogP contribution < -0.4 is 5.32 Å². The van der Waals surface area contributed by atoms with Crippen LogP contribution in [-0.4, -0.2) is 101 Å². The van der Waals surface area contributed by atoms with E-state index in [1.54, 1.807) is 6.07 Å². The molecule has 9 nitrogen and oxygen atoms in total. The van der Waals surface area contributed by atoms with Gasteiger partial charge in [0.05, 0.1) is 17.6 Å². The highest BCUT2D eigenvalue weighted by Gasteiger charge is 2.26. The third-order valence-electron chi connectivity index (χ3n) is 6.97. The molecule has 9 heteroatoms. The highest BCUT2D eigenvalue weighted by Crippen LogP contribution is 2.26. The fraction of sp³-hybridized carbons (Fsp3) is 0.750. The maximum Gasteiger partial charge on any atom is 0.292 e. The van der Waals surface area contributed by atoms with Crippen LogP contribution in [0.15, 0.2) is 18.2 Å². The smallest absolute Gasteiger partial charge is 0.292 e. The second-order valence-electron chi connectivity index (χ2n) is 9.58. The molecule has 2 aliphatic rings. The Morgan fingerprint density at radius 3 is 2.61 bits per heavy atom. The fourth-order valence-electron chi connectivity index (χ4n) is 4.82. The molecular formula is C24H41N5O4. The first-order valence-electron chi connectivity index (χ1n) is 12.4. The second kappa shape index (κ2) is 13.2. The molecule has 1 aromatic rings. The summed E-state index contributed by atoms with van der Waals surface area (Å²) >= 11 is 0. The van der Waals surface area contributed by atoms with Crippen molar-refractivity contribution in [3.8, 4) is 0 Å². The number of aliphatic hydroxyl groups is 2. The molecule has 33 heavy (non-hydrogen) atoms. The molecule has 0 aliphatic carbocycles. The lowest BCUT2D eigenvalue weighted by molar-refractivity contribution is -0.384. The van der Waals surface area contributed by atoms with Crippen LogP contribution in [0.5, 0.6) is 0 Å². The van der Waals surface area contributed by atoms with Gasteiger partial charge < -0.3 is 20.4 Å². The van der Waals surface area contributed by atoms with Crippen LogP contribution in [0.4, 0.5) is 11.4 Å². The van der Waals surface area contributed by atoms with Crippen LogP contribution in [0.25, 0.3) is 0 Å². The SMILES string of the molecule is CN1CCN(Cc2ccc(NCCCCCCN3CC[C@@H](O)C[C@H]3CO)c([N+](=O)[O-])c2)CC1. The number of aliphatic hydroxyl groups excluding tert-OH is 2. The van der Waals surface area contributed by atoms with E-state index >= 15 is 0 Å². The summed E-state index contributed by atoms with van der Waals surface area (Å²) in [6, 6.07) is 5.65. The average Bonchev–Trinajstić information content (AvgIpc) is 2.81. The zero-order valence-corrected chi connectivity index (χ0v) is 20.0. The molecule has 2 aliphatic heterocycles. The van der Waals surface area contributed by atoms with E-state index in [0.29, 0.717) is 18.7 Å². The third kappa shape index (κ3) is 8.19. The Morgan fingerprint density at radius 2 is 1.88 bits per heavy atom. The Kier molecular flexibility index (Phi) is 10.3. The zero-order chi connectivity index (χ0) is 23.6. The van der Waals surface area contributed by atoms with Gasteiger partial charge in [-0.25, -0.2) is 0 Å². The first kappa shape index (κ1) is 25.8. The summed E-state index contributed by atoms with van der Waals surface area (Å²) in [4.78, 5) is 18.3. The number of hydrogen-bond donors (Lipinski definition) is 3. The van der Waals surface area contributed by atoms with Crippen molar-refractivity contribution < 1.29 is 15.1 Å². The van der Waals surface area contributed by atoms with Crippen LogP contribution in [0.3, 0.4) is 0 Å². The van der Waals surface area contributed by atoms with E-state index in [-0.39, 0.29) is 29.4 Å². The van der Waals surface area contributed by atoms with Crippen LogP contribution in [0.2, 0.25) is 0 Å². The minimum Gasteiger partial charge on any atom is -0.395 e. The monoisotopic (exact) mass is 463 g/mol. The lowest BCUT2D eigenvalue weighted by atomic mass is 9.99. The van der Waals surface area contributed by atoms with Gasteiger partial charge in [-0.15, -0.1) is 0 Å². The molecule has 0 saturated carbocycles. The normalized spacial score (nSPS) is 23.0. The zero-order valence-electron chi connectivity index (χ0n) is 20.0. The number of hydrogen-bond acceptors (Lipinski definition) is 8. The number of rotatable bonds is 12. The van der Waals surface area contributed by atoms with E-state index in [9.17, 15) is 20.3 Å². The number of piperidine rings is 1. The molecule has 0 unspecified atom stereocenters. The Hall–Kier alpha value is -1.78. The Morgan fingerprint density at radius 1 is 1.12 bits per heavy atom. The standard InChI is InChI=1S/C24H41N5O4/c1-26-12-14-27(15-13-26)18-20-6-7-23(24(16-20)29(32)33)25-9-4-2-3-5-10-28-11-8-22(31)17-21(28)19-30/h6-7,16,21-22,25,30-31H,2-5,8-15,17-19H2,1H3/t21-,22+/m0/s1. The number of nitrogens with one attached hydrogen (secondary N) is 1. The first-order chi connectivity index (χ1) is 16.0. The summed E-state index contributed by atoms with van der Waals surface area (Å²) in [6.07, 6.45) is 5.33. The van der Waals surface area contributed by atoms with Gasteiger partial charge in [-0.05, 0) is 50.9 Å². The number of nitro groups is 1. The van der Waals surface area contributed by atoms with Crippen molar-refractivity contribution in [2.45, 2.75) is 57.2 Å². The molecule has 2 fully saturated rings. The molecule has 0 radical (unpaired) electrons. The maximum atomic E-state index is 11.6. The summed E-state index contributed by atoms with van der Waals surface area (Å²) in [5.41, 5.74) is 1.74. The molecule has 186 valence electrons. The van der Waals surface area contributed by atoms with Gasteiger partial charge in [0.1, 0.15) is 5.69 Å². The van der Waals surface area contributed by atoms with Gasteiger partial charge in [0, 0.05) is 57.9 Å². The molecular weight excluding hydrogens is 422 g/mol. The van der Waals surface area contributed by atoms with Gasteiger partial charge in [-0.1, -0.05) is 18.9 Å². The predicted molar refractivity (Wildman–Crippen MR) is 131 cm³/mol. The lowest BCUT2D eigenvalue weighted by Crippen LogP contribution is -2.46. The predicted octanol–water partition coefficient (Wildman–Crippen LogP) is 2.13. The molecule has 0 amide bonds. The van der Waals surface area contributed by atoms with E-state index in [2.05, 4.69) is 27.1 Å². The van der Waals surface area contributed by atoms with Crippen molar-refractivity contribution in [1.29, 1.82) is 0 Å². The van der Waals surface area contributed by atoms with Crippen molar-refractivity contribution in [3.63, 3.8) is 0 Å². The minimum absolute atomic E-state index is 0.0789. The number of anilines is 1. The van der Waals surface area contributed by atoms with Gasteiger partial charge in [0.15, 0.2) is 0 Å². The quantitative estimate of drug-likeness (QED) is 0.246. The van der Waals surface area contributed by atoms with Crippen molar-refractivity contribution in [2.75, 3.05) is 64.8 Å². The van der Waals surface area contributed by atoms with Crippen molar-refractivity contribution in [1.82, 2.24) is 14.7 Å². The number of nitrogens with zero attached hydrogens (tertiary/aromatic N) is 4. The van der Waals surface area contributed by atoms with Gasteiger partial charge >= 0.3 is 0 Å². The third-order valence-corrected chi connectivity index (χ3v) is 6.97. The number of unbranched alkanes of at least 4 members (excludes halogenated alkanes) is 3.